The average Bonchev–Trinajstić information content (AvgIpc) is 3.18. The van der Waals surface area contributed by atoms with Crippen LogP contribution in [0, 0.1) is 3.57 Å². The van der Waals surface area contributed by atoms with Crippen LogP contribution in [-0.2, 0) is 24.4 Å². The lowest BCUT2D eigenvalue weighted by molar-refractivity contribution is 0.134. The Kier molecular flexibility index (Phi) is 4.42. The zero-order valence-electron chi connectivity index (χ0n) is 14.8. The van der Waals surface area contributed by atoms with Gasteiger partial charge in [0.15, 0.2) is 0 Å². The molecule has 1 aromatic heterocycles. The molecule has 5 rings (SSSR count). The molecule has 0 N–H and O–H groups in total. The van der Waals surface area contributed by atoms with Gasteiger partial charge in [0.1, 0.15) is 0 Å². The number of rotatable bonds is 3. The van der Waals surface area contributed by atoms with Crippen molar-refractivity contribution in [1.29, 1.82) is 0 Å². The molecular formula is C24H18INO. The molecule has 3 aromatic carbocycles. The maximum absolute atomic E-state index is 5.68. The van der Waals surface area contributed by atoms with Crippen LogP contribution in [0.2, 0.25) is 0 Å². The summed E-state index contributed by atoms with van der Waals surface area (Å²) in [5.74, 6) is 0. The zero-order chi connectivity index (χ0) is 18.2. The molecule has 0 amide bonds. The molecular weight excluding hydrogens is 445 g/mol. The van der Waals surface area contributed by atoms with Crippen LogP contribution in [-0.4, -0.2) is 4.98 Å². The number of ether oxygens (including phenoxy) is 1. The second kappa shape index (κ2) is 7.06. The molecule has 1 aliphatic rings. The van der Waals surface area contributed by atoms with E-state index < -0.39 is 0 Å². The van der Waals surface area contributed by atoms with E-state index in [0.717, 1.165) is 23.4 Å². The molecule has 4 aromatic rings. The molecule has 2 nitrogen and oxygen atoms in total. The topological polar surface area (TPSA) is 22.1 Å². The Hall–Kier alpha value is -2.24. The maximum atomic E-state index is 5.68. The van der Waals surface area contributed by atoms with Crippen LogP contribution in [0.15, 0.2) is 72.8 Å². The van der Waals surface area contributed by atoms with Gasteiger partial charge in [-0.25, -0.2) is 0 Å². The first-order valence-electron chi connectivity index (χ1n) is 9.10. The number of pyridine rings is 1. The summed E-state index contributed by atoms with van der Waals surface area (Å²) in [4.78, 5) is 5.14. The lowest BCUT2D eigenvalue weighted by Gasteiger charge is -2.14. The highest BCUT2D eigenvalue weighted by molar-refractivity contribution is 14.1. The number of hydrogen-bond acceptors (Lipinski definition) is 2. The molecule has 2 heterocycles. The lowest BCUT2D eigenvalue weighted by Crippen LogP contribution is -2.01. The van der Waals surface area contributed by atoms with Crippen molar-refractivity contribution < 1.29 is 4.74 Å². The van der Waals surface area contributed by atoms with Crippen molar-refractivity contribution in [3.05, 3.63) is 98.8 Å². The van der Waals surface area contributed by atoms with Crippen molar-refractivity contribution in [3.8, 4) is 11.3 Å². The van der Waals surface area contributed by atoms with Crippen molar-refractivity contribution in [2.45, 2.75) is 19.6 Å². The molecule has 0 atom stereocenters. The van der Waals surface area contributed by atoms with Crippen LogP contribution in [0.5, 0.6) is 0 Å². The first-order valence-corrected chi connectivity index (χ1v) is 10.2. The second-order valence-electron chi connectivity index (χ2n) is 6.91. The Morgan fingerprint density at radius 1 is 0.815 bits per heavy atom. The predicted molar refractivity (Wildman–Crippen MR) is 118 cm³/mol. The summed E-state index contributed by atoms with van der Waals surface area (Å²) in [5.41, 5.74) is 7.23. The standard InChI is InChI=1S/C24H18INO/c25-23-21-13-19-15-27-14-18(19)12-20(21)22(11-16-7-3-1-4-8-16)26-24(23)17-9-5-2-6-10-17/h1-10,12-13H,11,14-15H2. The van der Waals surface area contributed by atoms with Gasteiger partial charge in [0.05, 0.1) is 24.6 Å². The van der Waals surface area contributed by atoms with Gasteiger partial charge < -0.3 is 4.74 Å². The van der Waals surface area contributed by atoms with Crippen LogP contribution < -0.4 is 0 Å². The summed E-state index contributed by atoms with van der Waals surface area (Å²) in [6.07, 6.45) is 0.827. The fraction of sp³-hybridized carbons (Fsp3) is 0.125. The van der Waals surface area contributed by atoms with Crippen molar-refractivity contribution >= 4 is 33.4 Å². The van der Waals surface area contributed by atoms with Gasteiger partial charge in [-0.05, 0) is 56.8 Å². The van der Waals surface area contributed by atoms with Crippen molar-refractivity contribution in [2.24, 2.45) is 0 Å². The largest absolute Gasteiger partial charge is 0.372 e. The summed E-state index contributed by atoms with van der Waals surface area (Å²) >= 11 is 2.45. The molecule has 0 fully saturated rings. The van der Waals surface area contributed by atoms with Crippen LogP contribution in [0.3, 0.4) is 0 Å². The fourth-order valence-electron chi connectivity index (χ4n) is 3.73. The quantitative estimate of drug-likeness (QED) is 0.341. The average molecular weight is 463 g/mol. The number of hydrogen-bond donors (Lipinski definition) is 0. The van der Waals surface area contributed by atoms with Gasteiger partial charge in [-0.2, -0.15) is 0 Å². The SMILES string of the molecule is Ic1c(-c2ccccc2)nc(Cc2ccccc2)c2cc3c(cc12)COC3. The van der Waals surface area contributed by atoms with Crippen LogP contribution in [0.1, 0.15) is 22.4 Å². The molecule has 3 heteroatoms. The summed E-state index contributed by atoms with van der Waals surface area (Å²) in [6.45, 7) is 1.41. The van der Waals surface area contributed by atoms with E-state index in [2.05, 4.69) is 89.3 Å². The first kappa shape index (κ1) is 16.9. The van der Waals surface area contributed by atoms with E-state index >= 15 is 0 Å². The molecule has 0 unspecified atom stereocenters. The van der Waals surface area contributed by atoms with Crippen LogP contribution >= 0.6 is 22.6 Å². The minimum atomic E-state index is 0.701. The van der Waals surface area contributed by atoms with Crippen LogP contribution in [0.25, 0.3) is 22.0 Å². The highest BCUT2D eigenvalue weighted by atomic mass is 127. The van der Waals surface area contributed by atoms with Gasteiger partial charge in [0, 0.05) is 20.9 Å². The molecule has 132 valence electrons. The van der Waals surface area contributed by atoms with E-state index in [1.54, 1.807) is 0 Å². The van der Waals surface area contributed by atoms with E-state index in [9.17, 15) is 0 Å². The van der Waals surface area contributed by atoms with E-state index in [0.29, 0.717) is 13.2 Å². The molecule has 0 spiro atoms. The summed E-state index contributed by atoms with van der Waals surface area (Å²) in [7, 11) is 0. The van der Waals surface area contributed by atoms with Crippen molar-refractivity contribution in [1.82, 2.24) is 4.98 Å². The zero-order valence-corrected chi connectivity index (χ0v) is 16.9. The van der Waals surface area contributed by atoms with E-state index in [1.165, 1.54) is 31.0 Å². The third-order valence-electron chi connectivity index (χ3n) is 5.12. The van der Waals surface area contributed by atoms with Gasteiger partial charge in [-0.15, -0.1) is 0 Å². The number of aromatic nitrogens is 1. The van der Waals surface area contributed by atoms with Crippen molar-refractivity contribution in [3.63, 3.8) is 0 Å². The van der Waals surface area contributed by atoms with Gasteiger partial charge in [-0.1, -0.05) is 60.7 Å². The number of fused-ring (bicyclic) bond motifs is 2. The Morgan fingerprint density at radius 3 is 2.15 bits per heavy atom. The lowest BCUT2D eigenvalue weighted by atomic mass is 9.97. The highest BCUT2D eigenvalue weighted by Gasteiger charge is 2.19. The molecule has 0 radical (unpaired) electrons. The monoisotopic (exact) mass is 463 g/mol. The van der Waals surface area contributed by atoms with E-state index in [1.807, 2.05) is 6.07 Å². The van der Waals surface area contributed by atoms with Gasteiger partial charge >= 0.3 is 0 Å². The van der Waals surface area contributed by atoms with Crippen molar-refractivity contribution in [2.75, 3.05) is 0 Å². The maximum Gasteiger partial charge on any atom is 0.0845 e. The fourth-order valence-corrected chi connectivity index (χ4v) is 4.61. The molecule has 0 saturated carbocycles. The minimum absolute atomic E-state index is 0.701. The molecule has 0 bridgehead atoms. The van der Waals surface area contributed by atoms with Gasteiger partial charge in [-0.3, -0.25) is 4.98 Å². The summed E-state index contributed by atoms with van der Waals surface area (Å²) in [6, 6.07) is 25.7. The van der Waals surface area contributed by atoms with Gasteiger partial charge in [0.25, 0.3) is 0 Å². The number of benzene rings is 3. The molecule has 1 aliphatic heterocycles. The Bertz CT molecular complexity index is 1120. The van der Waals surface area contributed by atoms with E-state index in [4.69, 9.17) is 9.72 Å². The minimum Gasteiger partial charge on any atom is -0.372 e. The number of nitrogens with zero attached hydrogens (tertiary/aromatic N) is 1. The van der Waals surface area contributed by atoms with Gasteiger partial charge in [0.2, 0.25) is 0 Å². The summed E-state index contributed by atoms with van der Waals surface area (Å²) in [5, 5.41) is 2.52. The Labute approximate surface area is 172 Å². The third kappa shape index (κ3) is 3.15. The smallest absolute Gasteiger partial charge is 0.0845 e. The Morgan fingerprint density at radius 2 is 1.44 bits per heavy atom. The third-order valence-corrected chi connectivity index (χ3v) is 6.21. The normalized spacial score (nSPS) is 13.1. The Balaban J connectivity index is 1.77. The first-order chi connectivity index (χ1) is 13.3. The predicted octanol–water partition coefficient (Wildman–Crippen LogP) is 6.13. The number of halogens is 1. The van der Waals surface area contributed by atoms with E-state index in [-0.39, 0.29) is 0 Å². The molecule has 27 heavy (non-hydrogen) atoms. The molecule has 0 aliphatic carbocycles. The second-order valence-corrected chi connectivity index (χ2v) is 7.99. The summed E-state index contributed by atoms with van der Waals surface area (Å²) < 4.78 is 6.88. The highest BCUT2D eigenvalue weighted by Crippen LogP contribution is 2.35. The molecule has 0 saturated heterocycles. The van der Waals surface area contributed by atoms with Crippen LogP contribution in [0.4, 0.5) is 0 Å².